The highest BCUT2D eigenvalue weighted by Gasteiger charge is 2.13. The fraction of sp³-hybridized carbons (Fsp3) is 0.0476. The molecule has 4 rings (SSSR count). The number of benzene rings is 2. The summed E-state index contributed by atoms with van der Waals surface area (Å²) in [6.45, 7) is 0. The average molecular weight is 374 g/mol. The van der Waals surface area contributed by atoms with E-state index < -0.39 is 11.7 Å². The summed E-state index contributed by atoms with van der Waals surface area (Å²) in [7, 11) is 0. The van der Waals surface area contributed by atoms with Gasteiger partial charge in [0, 0.05) is 29.2 Å². The Hall–Kier alpha value is -3.87. The highest BCUT2D eigenvalue weighted by Crippen LogP contribution is 2.21. The van der Waals surface area contributed by atoms with Crippen molar-refractivity contribution in [2.75, 3.05) is 5.32 Å². The summed E-state index contributed by atoms with van der Waals surface area (Å²) in [5.41, 5.74) is 2.45. The van der Waals surface area contributed by atoms with Crippen LogP contribution < -0.4 is 5.32 Å². The number of para-hydroxylation sites is 1. The first-order valence-corrected chi connectivity index (χ1v) is 8.57. The molecule has 0 saturated heterocycles. The van der Waals surface area contributed by atoms with Crippen LogP contribution in [0.3, 0.4) is 0 Å². The number of pyridine rings is 1. The molecule has 0 spiro atoms. The lowest BCUT2D eigenvalue weighted by Gasteiger charge is -2.10. The molecule has 4 aromatic rings. The summed E-state index contributed by atoms with van der Waals surface area (Å²) in [4.78, 5) is 20.8. The number of amides is 1. The van der Waals surface area contributed by atoms with Gasteiger partial charge in [0.2, 0.25) is 11.7 Å². The number of aromatic nitrogens is 3. The van der Waals surface area contributed by atoms with Gasteiger partial charge >= 0.3 is 0 Å². The number of carbonyl (C=O) groups is 1. The van der Waals surface area contributed by atoms with E-state index in [0.717, 1.165) is 11.1 Å². The summed E-state index contributed by atoms with van der Waals surface area (Å²) >= 11 is 0. The molecule has 7 heteroatoms. The van der Waals surface area contributed by atoms with Gasteiger partial charge in [0.25, 0.3) is 5.91 Å². The molecule has 0 atom stereocenters. The molecule has 2 heterocycles. The molecule has 138 valence electrons. The molecule has 6 nitrogen and oxygen atoms in total. The maximum atomic E-state index is 13.4. The van der Waals surface area contributed by atoms with Crippen LogP contribution in [0.1, 0.15) is 21.8 Å². The molecule has 0 radical (unpaired) electrons. The minimum Gasteiger partial charge on any atom is -0.339 e. The smallest absolute Gasteiger partial charge is 0.255 e. The molecule has 0 aliphatic rings. The fourth-order valence-electron chi connectivity index (χ4n) is 2.73. The molecule has 2 aromatic carbocycles. The highest BCUT2D eigenvalue weighted by molar-refractivity contribution is 6.04. The third-order valence-corrected chi connectivity index (χ3v) is 4.10. The first kappa shape index (κ1) is 17.5. The maximum Gasteiger partial charge on any atom is 0.255 e. The van der Waals surface area contributed by atoms with Gasteiger partial charge in [0.1, 0.15) is 5.82 Å². The molecule has 0 aliphatic heterocycles. The summed E-state index contributed by atoms with van der Waals surface area (Å²) in [6, 6.07) is 16.4. The molecular weight excluding hydrogens is 359 g/mol. The van der Waals surface area contributed by atoms with Crippen molar-refractivity contribution in [1.29, 1.82) is 0 Å². The zero-order chi connectivity index (χ0) is 19.3. The van der Waals surface area contributed by atoms with Crippen LogP contribution in [-0.2, 0) is 6.42 Å². The van der Waals surface area contributed by atoms with E-state index in [9.17, 15) is 9.18 Å². The molecule has 0 fully saturated rings. The molecule has 1 N–H and O–H groups in total. The number of anilines is 1. The molecule has 1 amide bonds. The Kier molecular flexibility index (Phi) is 4.88. The van der Waals surface area contributed by atoms with Gasteiger partial charge in [-0.2, -0.15) is 4.98 Å². The number of nitrogens with zero attached hydrogens (tertiary/aromatic N) is 3. The lowest BCUT2D eigenvalue weighted by Crippen LogP contribution is -2.13. The van der Waals surface area contributed by atoms with Gasteiger partial charge in [-0.25, -0.2) is 4.39 Å². The van der Waals surface area contributed by atoms with Crippen molar-refractivity contribution in [3.05, 3.63) is 95.9 Å². The van der Waals surface area contributed by atoms with Gasteiger partial charge in [0.05, 0.1) is 6.42 Å². The van der Waals surface area contributed by atoms with E-state index in [2.05, 4.69) is 20.4 Å². The van der Waals surface area contributed by atoms with Crippen LogP contribution in [-0.4, -0.2) is 21.0 Å². The van der Waals surface area contributed by atoms with Gasteiger partial charge < -0.3 is 9.84 Å². The predicted molar refractivity (Wildman–Crippen MR) is 101 cm³/mol. The maximum absolute atomic E-state index is 13.4. The van der Waals surface area contributed by atoms with Gasteiger partial charge in [-0.15, -0.1) is 0 Å². The average Bonchev–Trinajstić information content (AvgIpc) is 3.19. The van der Waals surface area contributed by atoms with E-state index in [1.165, 1.54) is 18.2 Å². The number of halogens is 1. The van der Waals surface area contributed by atoms with Crippen molar-refractivity contribution in [3.63, 3.8) is 0 Å². The second-order valence-corrected chi connectivity index (χ2v) is 6.05. The molecule has 28 heavy (non-hydrogen) atoms. The summed E-state index contributed by atoms with van der Waals surface area (Å²) in [5.74, 6) is 0.0309. The van der Waals surface area contributed by atoms with Crippen molar-refractivity contribution < 1.29 is 13.7 Å². The van der Waals surface area contributed by atoms with Gasteiger partial charge in [-0.3, -0.25) is 9.78 Å². The SMILES string of the molecule is O=C(Nc1ccccc1Cc1nc(-c2ccncc2)no1)c1cccc(F)c1. The van der Waals surface area contributed by atoms with E-state index in [1.54, 1.807) is 42.7 Å². The molecule has 0 unspecified atom stereocenters. The molecular formula is C21H15FN4O2. The predicted octanol–water partition coefficient (Wildman–Crippen LogP) is 4.11. The summed E-state index contributed by atoms with van der Waals surface area (Å²) in [5, 5.41) is 6.80. The Morgan fingerprint density at radius 3 is 2.68 bits per heavy atom. The van der Waals surface area contributed by atoms with Gasteiger partial charge in [-0.05, 0) is 42.0 Å². The van der Waals surface area contributed by atoms with Crippen LogP contribution in [0.25, 0.3) is 11.4 Å². The number of hydrogen-bond acceptors (Lipinski definition) is 5. The topological polar surface area (TPSA) is 80.9 Å². The first-order chi connectivity index (χ1) is 13.7. The van der Waals surface area contributed by atoms with E-state index in [0.29, 0.717) is 23.8 Å². The van der Waals surface area contributed by atoms with E-state index in [4.69, 9.17) is 4.52 Å². The number of hydrogen-bond donors (Lipinski definition) is 1. The fourth-order valence-corrected chi connectivity index (χ4v) is 2.73. The second-order valence-electron chi connectivity index (χ2n) is 6.05. The standard InChI is InChI=1S/C21H15FN4O2/c22-17-6-3-5-16(12-17)21(27)24-18-7-2-1-4-15(18)13-19-25-20(26-28-19)14-8-10-23-11-9-14/h1-12H,13H2,(H,24,27). The van der Waals surface area contributed by atoms with Crippen LogP contribution >= 0.6 is 0 Å². The van der Waals surface area contributed by atoms with Crippen LogP contribution in [0, 0.1) is 5.82 Å². The quantitative estimate of drug-likeness (QED) is 0.568. The number of rotatable bonds is 5. The van der Waals surface area contributed by atoms with E-state index in [-0.39, 0.29) is 5.56 Å². The monoisotopic (exact) mass is 374 g/mol. The lowest BCUT2D eigenvalue weighted by molar-refractivity contribution is 0.102. The first-order valence-electron chi connectivity index (χ1n) is 8.57. The molecule has 0 aliphatic carbocycles. The van der Waals surface area contributed by atoms with Gasteiger partial charge in [0.15, 0.2) is 0 Å². The zero-order valence-corrected chi connectivity index (χ0v) is 14.7. The normalized spacial score (nSPS) is 10.6. The van der Waals surface area contributed by atoms with Crippen molar-refractivity contribution in [3.8, 4) is 11.4 Å². The zero-order valence-electron chi connectivity index (χ0n) is 14.7. The highest BCUT2D eigenvalue weighted by atomic mass is 19.1. The van der Waals surface area contributed by atoms with Crippen molar-refractivity contribution in [2.24, 2.45) is 0 Å². The van der Waals surface area contributed by atoms with Crippen LogP contribution in [0.2, 0.25) is 0 Å². The Balaban J connectivity index is 1.54. The Labute approximate surface area is 160 Å². The van der Waals surface area contributed by atoms with Crippen LogP contribution in [0.15, 0.2) is 77.6 Å². The van der Waals surface area contributed by atoms with Crippen molar-refractivity contribution >= 4 is 11.6 Å². The second kappa shape index (κ2) is 7.79. The number of carbonyl (C=O) groups excluding carboxylic acids is 1. The molecule has 0 bridgehead atoms. The van der Waals surface area contributed by atoms with Crippen LogP contribution in [0.5, 0.6) is 0 Å². The summed E-state index contributed by atoms with van der Waals surface area (Å²) < 4.78 is 18.7. The van der Waals surface area contributed by atoms with Crippen molar-refractivity contribution in [1.82, 2.24) is 15.1 Å². The molecule has 0 saturated carbocycles. The minimum absolute atomic E-state index is 0.243. The molecule has 2 aromatic heterocycles. The Morgan fingerprint density at radius 2 is 1.86 bits per heavy atom. The third-order valence-electron chi connectivity index (χ3n) is 4.10. The minimum atomic E-state index is -0.463. The van der Waals surface area contributed by atoms with Crippen LogP contribution in [0.4, 0.5) is 10.1 Å². The largest absolute Gasteiger partial charge is 0.339 e. The Morgan fingerprint density at radius 1 is 1.04 bits per heavy atom. The Bertz CT molecular complexity index is 1110. The number of nitrogens with one attached hydrogen (secondary N) is 1. The van der Waals surface area contributed by atoms with E-state index >= 15 is 0 Å². The van der Waals surface area contributed by atoms with E-state index in [1.807, 2.05) is 12.1 Å². The van der Waals surface area contributed by atoms with Gasteiger partial charge in [-0.1, -0.05) is 29.4 Å². The van der Waals surface area contributed by atoms with Crippen molar-refractivity contribution in [2.45, 2.75) is 6.42 Å². The third kappa shape index (κ3) is 3.93. The lowest BCUT2D eigenvalue weighted by atomic mass is 10.1. The summed E-state index contributed by atoms with van der Waals surface area (Å²) in [6.07, 6.45) is 3.66.